The van der Waals surface area contributed by atoms with Gasteiger partial charge in [-0.15, -0.1) is 0 Å². The lowest BCUT2D eigenvalue weighted by Crippen LogP contribution is -2.30. The van der Waals surface area contributed by atoms with Gasteiger partial charge in [-0.05, 0) is 50.3 Å². The Balaban J connectivity index is 0.000000209. The van der Waals surface area contributed by atoms with Gasteiger partial charge in [0.05, 0.1) is 6.10 Å². The first-order valence-electron chi connectivity index (χ1n) is 13.3. The van der Waals surface area contributed by atoms with E-state index in [0.717, 1.165) is 43.7 Å². The van der Waals surface area contributed by atoms with Crippen molar-refractivity contribution in [3.8, 4) is 0 Å². The highest BCUT2D eigenvalue weighted by molar-refractivity contribution is 5.54. The number of amides is 1. The van der Waals surface area contributed by atoms with E-state index in [-0.39, 0.29) is 6.10 Å². The van der Waals surface area contributed by atoms with Gasteiger partial charge in [0.2, 0.25) is 6.41 Å². The van der Waals surface area contributed by atoms with Crippen molar-refractivity contribution in [2.24, 2.45) is 5.92 Å². The summed E-state index contributed by atoms with van der Waals surface area (Å²) in [7, 11) is 3.78. The zero-order valence-corrected chi connectivity index (χ0v) is 22.8. The number of hydrogen-bond acceptors (Lipinski definition) is 4. The molecule has 0 aromatic heterocycles. The number of aryl methyl sites for hydroxylation is 2. The standard InChI is InChI=1S/C13H16O.C12H20N2O2.C7H8/c14-10-9-13-7-5-12(6-8-13)4-3-11-1-2-11;1-14(7-6-13-10-15)9-11-4-3-5-12(8-11)16-2;1-7-5-3-2-4-6-7/h5-8,10-11H,1-4,9H2;3-5,10,12H,6-9H2,1-2H3,(H,13,15);2-6H,1H3. The Hall–Kier alpha value is -3.02. The predicted molar refractivity (Wildman–Crippen MR) is 153 cm³/mol. The number of allylic oxidation sites excluding steroid dienone is 2. The maximum Gasteiger partial charge on any atom is 0.207 e. The second kappa shape index (κ2) is 18.3. The van der Waals surface area contributed by atoms with E-state index in [1.165, 1.54) is 42.4 Å². The normalized spacial score (nSPS) is 16.0. The van der Waals surface area contributed by atoms with Gasteiger partial charge in [0.25, 0.3) is 0 Å². The maximum atomic E-state index is 10.3. The highest BCUT2D eigenvalue weighted by atomic mass is 16.5. The third-order valence-corrected chi connectivity index (χ3v) is 6.44. The van der Waals surface area contributed by atoms with E-state index < -0.39 is 0 Å². The lowest BCUT2D eigenvalue weighted by molar-refractivity contribution is -0.109. The third-order valence-electron chi connectivity index (χ3n) is 6.44. The molecule has 200 valence electrons. The smallest absolute Gasteiger partial charge is 0.207 e. The number of ether oxygens (including phenoxy) is 1. The van der Waals surface area contributed by atoms with Gasteiger partial charge in [0, 0.05) is 33.2 Å². The van der Waals surface area contributed by atoms with Crippen molar-refractivity contribution in [2.75, 3.05) is 33.8 Å². The highest BCUT2D eigenvalue weighted by Gasteiger charge is 2.20. The topological polar surface area (TPSA) is 58.6 Å². The molecule has 1 amide bonds. The molecule has 5 nitrogen and oxygen atoms in total. The molecular formula is C32H44N2O3. The molecule has 37 heavy (non-hydrogen) atoms. The zero-order chi connectivity index (χ0) is 26.7. The minimum absolute atomic E-state index is 0.210. The van der Waals surface area contributed by atoms with Crippen molar-refractivity contribution in [3.05, 3.63) is 95.1 Å². The van der Waals surface area contributed by atoms with Crippen molar-refractivity contribution >= 4 is 12.7 Å². The Bertz CT molecular complexity index is 950. The van der Waals surface area contributed by atoms with Crippen molar-refractivity contribution in [1.29, 1.82) is 0 Å². The Labute approximate surface area is 223 Å². The second-order valence-corrected chi connectivity index (χ2v) is 9.82. The van der Waals surface area contributed by atoms with Crippen LogP contribution in [0.3, 0.4) is 0 Å². The van der Waals surface area contributed by atoms with Crippen LogP contribution >= 0.6 is 0 Å². The van der Waals surface area contributed by atoms with Gasteiger partial charge in [-0.2, -0.15) is 0 Å². The molecule has 4 rings (SSSR count). The Morgan fingerprint density at radius 1 is 1.03 bits per heavy atom. The van der Waals surface area contributed by atoms with Crippen LogP contribution in [0.5, 0.6) is 0 Å². The number of nitrogens with one attached hydrogen (secondary N) is 1. The van der Waals surface area contributed by atoms with Gasteiger partial charge in [-0.25, -0.2) is 0 Å². The summed E-state index contributed by atoms with van der Waals surface area (Å²) in [4.78, 5) is 22.6. The fourth-order valence-corrected chi connectivity index (χ4v) is 3.98. The van der Waals surface area contributed by atoms with Crippen LogP contribution in [0.2, 0.25) is 0 Å². The Morgan fingerprint density at radius 2 is 1.73 bits per heavy atom. The van der Waals surface area contributed by atoms with Crippen molar-refractivity contribution in [2.45, 2.75) is 51.6 Å². The summed E-state index contributed by atoms with van der Waals surface area (Å²) in [5.74, 6) is 1.00. The second-order valence-electron chi connectivity index (χ2n) is 9.82. The molecule has 0 radical (unpaired) electrons. The minimum Gasteiger partial charge on any atom is -0.377 e. The van der Waals surface area contributed by atoms with Gasteiger partial charge in [-0.1, -0.05) is 96.8 Å². The molecule has 0 heterocycles. The highest BCUT2D eigenvalue weighted by Crippen LogP contribution is 2.33. The lowest BCUT2D eigenvalue weighted by Gasteiger charge is -2.22. The Kier molecular flexibility index (Phi) is 14.9. The largest absolute Gasteiger partial charge is 0.377 e. The van der Waals surface area contributed by atoms with Crippen LogP contribution in [0.4, 0.5) is 0 Å². The fourth-order valence-electron chi connectivity index (χ4n) is 3.98. The molecule has 0 spiro atoms. The van der Waals surface area contributed by atoms with Crippen LogP contribution in [0, 0.1) is 12.8 Å². The van der Waals surface area contributed by atoms with E-state index in [1.54, 1.807) is 7.11 Å². The molecule has 1 N–H and O–H groups in total. The molecule has 0 saturated heterocycles. The van der Waals surface area contributed by atoms with Crippen molar-refractivity contribution in [3.63, 3.8) is 0 Å². The van der Waals surface area contributed by atoms with Crippen LogP contribution in [0.1, 0.15) is 42.4 Å². The zero-order valence-electron chi connectivity index (χ0n) is 22.8. The monoisotopic (exact) mass is 504 g/mol. The molecule has 2 aliphatic carbocycles. The first-order valence-corrected chi connectivity index (χ1v) is 13.3. The van der Waals surface area contributed by atoms with Crippen LogP contribution in [-0.4, -0.2) is 57.5 Å². The SMILES string of the molecule is COC1C=CC=C(CN(C)CCNC=O)C1.Cc1ccccc1.O=CCc1ccc(CCC2CC2)cc1. The van der Waals surface area contributed by atoms with Crippen molar-refractivity contribution in [1.82, 2.24) is 10.2 Å². The average Bonchev–Trinajstić information content (AvgIpc) is 3.75. The number of carbonyl (C=O) groups excluding carboxylic acids is 2. The predicted octanol–water partition coefficient (Wildman–Crippen LogP) is 5.33. The molecule has 5 heteroatoms. The fraction of sp³-hybridized carbons (Fsp3) is 0.438. The van der Waals surface area contributed by atoms with Gasteiger partial charge < -0.3 is 19.7 Å². The van der Waals surface area contributed by atoms with Crippen LogP contribution in [-0.2, 0) is 27.2 Å². The maximum absolute atomic E-state index is 10.3. The minimum atomic E-state index is 0.210. The number of aldehydes is 1. The number of hydrogen-bond donors (Lipinski definition) is 1. The van der Waals surface area contributed by atoms with Crippen molar-refractivity contribution < 1.29 is 14.3 Å². The van der Waals surface area contributed by atoms with Gasteiger partial charge in [0.1, 0.15) is 6.29 Å². The van der Waals surface area contributed by atoms with E-state index in [9.17, 15) is 9.59 Å². The molecular weight excluding hydrogens is 460 g/mol. The van der Waals surface area contributed by atoms with E-state index in [4.69, 9.17) is 4.74 Å². The number of methoxy groups -OCH3 is 1. The molecule has 2 aromatic carbocycles. The number of likely N-dealkylation sites (N-methyl/N-ethyl adjacent to an activating group) is 1. The molecule has 1 unspecified atom stereocenters. The average molecular weight is 505 g/mol. The summed E-state index contributed by atoms with van der Waals surface area (Å²) < 4.78 is 5.30. The third kappa shape index (κ3) is 14.3. The van der Waals surface area contributed by atoms with Crippen LogP contribution in [0.15, 0.2) is 78.4 Å². The van der Waals surface area contributed by atoms with E-state index >= 15 is 0 Å². The van der Waals surface area contributed by atoms with Gasteiger partial charge in [0.15, 0.2) is 0 Å². The summed E-state index contributed by atoms with van der Waals surface area (Å²) in [5, 5.41) is 2.66. The first kappa shape index (κ1) is 30.2. The van der Waals surface area contributed by atoms with Gasteiger partial charge in [-0.3, -0.25) is 4.79 Å². The van der Waals surface area contributed by atoms with E-state index in [1.807, 2.05) is 31.3 Å². The number of nitrogens with zero attached hydrogens (tertiary/aromatic N) is 1. The first-order chi connectivity index (χ1) is 18.0. The lowest BCUT2D eigenvalue weighted by atomic mass is 10.0. The number of benzene rings is 2. The Morgan fingerprint density at radius 3 is 2.30 bits per heavy atom. The summed E-state index contributed by atoms with van der Waals surface area (Å²) in [6, 6.07) is 18.7. The van der Waals surface area contributed by atoms with E-state index in [0.29, 0.717) is 13.0 Å². The summed E-state index contributed by atoms with van der Waals surface area (Å²) in [6.45, 7) is 4.55. The summed E-state index contributed by atoms with van der Waals surface area (Å²) in [5.41, 5.74) is 5.21. The molecule has 2 aliphatic rings. The van der Waals surface area contributed by atoms with Gasteiger partial charge >= 0.3 is 0 Å². The number of rotatable bonds is 12. The van der Waals surface area contributed by atoms with Crippen LogP contribution < -0.4 is 5.32 Å². The molecule has 1 fully saturated rings. The molecule has 1 atom stereocenters. The molecule has 1 saturated carbocycles. The van der Waals surface area contributed by atoms with Crippen LogP contribution in [0.25, 0.3) is 0 Å². The quantitative estimate of drug-likeness (QED) is 0.314. The van der Waals surface area contributed by atoms with E-state index in [2.05, 4.69) is 65.7 Å². The molecule has 2 aromatic rings. The summed E-state index contributed by atoms with van der Waals surface area (Å²) >= 11 is 0. The molecule has 0 bridgehead atoms. The summed E-state index contributed by atoms with van der Waals surface area (Å²) in [6.07, 6.45) is 15.1. The molecule has 0 aliphatic heterocycles. The number of carbonyl (C=O) groups is 2.